The highest BCUT2D eigenvalue weighted by Gasteiger charge is 2.39. The van der Waals surface area contributed by atoms with Crippen molar-refractivity contribution in [1.82, 2.24) is 15.3 Å². The number of carboxylic acids is 1. The highest BCUT2D eigenvalue weighted by Crippen LogP contribution is 2.30. The van der Waals surface area contributed by atoms with Crippen molar-refractivity contribution in [3.63, 3.8) is 0 Å². The fourth-order valence-electron chi connectivity index (χ4n) is 3.29. The molecule has 0 spiro atoms. The van der Waals surface area contributed by atoms with Crippen LogP contribution in [0, 0.1) is 5.82 Å². The summed E-state index contributed by atoms with van der Waals surface area (Å²) in [5.74, 6) is -1.75. The van der Waals surface area contributed by atoms with E-state index in [4.69, 9.17) is 5.11 Å². The zero-order valence-electron chi connectivity index (χ0n) is 11.5. The summed E-state index contributed by atoms with van der Waals surface area (Å²) in [4.78, 5) is 31.8. The minimum atomic E-state index is -1.35. The maximum atomic E-state index is 14.4. The van der Waals surface area contributed by atoms with Gasteiger partial charge in [-0.1, -0.05) is 0 Å². The number of nitrogens with one attached hydrogen (secondary N) is 2. The van der Waals surface area contributed by atoms with E-state index in [-0.39, 0.29) is 22.9 Å². The molecule has 2 aliphatic heterocycles. The van der Waals surface area contributed by atoms with Gasteiger partial charge in [0.25, 0.3) is 0 Å². The number of aromatic nitrogens is 2. The Labute approximate surface area is 123 Å². The fourth-order valence-corrected chi connectivity index (χ4v) is 3.29. The summed E-state index contributed by atoms with van der Waals surface area (Å²) in [5.41, 5.74) is -0.961. The first-order valence-corrected chi connectivity index (χ1v) is 7.00. The lowest BCUT2D eigenvalue weighted by molar-refractivity contribution is 0.0695. The van der Waals surface area contributed by atoms with E-state index in [2.05, 4.69) is 15.3 Å². The topological polar surface area (TPSA) is 98.3 Å². The first kappa shape index (κ1) is 13.2. The number of anilines is 1. The van der Waals surface area contributed by atoms with E-state index in [1.54, 1.807) is 0 Å². The number of nitrogens with zero attached hydrogens (tertiary/aromatic N) is 2. The van der Waals surface area contributed by atoms with Gasteiger partial charge >= 0.3 is 5.97 Å². The Morgan fingerprint density at radius 2 is 2.32 bits per heavy atom. The van der Waals surface area contributed by atoms with Gasteiger partial charge in [-0.3, -0.25) is 4.79 Å². The molecule has 0 saturated carbocycles. The molecule has 114 valence electrons. The van der Waals surface area contributed by atoms with Crippen LogP contribution in [0.15, 0.2) is 17.1 Å². The number of aromatic amines is 1. The molecule has 4 heterocycles. The molecule has 2 atom stereocenters. The zero-order valence-corrected chi connectivity index (χ0v) is 11.5. The number of carbonyl (C=O) groups is 1. The van der Waals surface area contributed by atoms with Crippen molar-refractivity contribution >= 4 is 22.8 Å². The average molecular weight is 304 g/mol. The third-order valence-corrected chi connectivity index (χ3v) is 4.36. The van der Waals surface area contributed by atoms with Gasteiger partial charge in [-0.05, 0) is 12.5 Å². The molecule has 3 N–H and O–H groups in total. The average Bonchev–Trinajstić information content (AvgIpc) is 3.10. The van der Waals surface area contributed by atoms with E-state index in [9.17, 15) is 14.0 Å². The second-order valence-corrected chi connectivity index (χ2v) is 5.67. The fraction of sp³-hybridized carbons (Fsp3) is 0.357. The number of halogens is 1. The molecule has 0 radical (unpaired) electrons. The summed E-state index contributed by atoms with van der Waals surface area (Å²) >= 11 is 0. The monoisotopic (exact) mass is 304 g/mol. The molecule has 0 amide bonds. The van der Waals surface area contributed by atoms with E-state index >= 15 is 0 Å². The van der Waals surface area contributed by atoms with Crippen molar-refractivity contribution in [2.24, 2.45) is 0 Å². The first-order valence-electron chi connectivity index (χ1n) is 7.00. The molecule has 22 heavy (non-hydrogen) atoms. The molecule has 8 heteroatoms. The SMILES string of the molecule is O=C(O)c1c[nH]c2nc(N3C[C@H]4C[C@@H]3CN4)c(F)cc2c1=O. The van der Waals surface area contributed by atoms with Gasteiger partial charge in [0.1, 0.15) is 11.2 Å². The van der Waals surface area contributed by atoms with Gasteiger partial charge in [-0.15, -0.1) is 0 Å². The van der Waals surface area contributed by atoms with Gasteiger partial charge in [-0.25, -0.2) is 14.2 Å². The second kappa shape index (κ2) is 4.51. The van der Waals surface area contributed by atoms with E-state index in [1.165, 1.54) is 0 Å². The smallest absolute Gasteiger partial charge is 0.341 e. The first-order chi connectivity index (χ1) is 10.5. The lowest BCUT2D eigenvalue weighted by Gasteiger charge is -2.28. The van der Waals surface area contributed by atoms with Gasteiger partial charge in [-0.2, -0.15) is 0 Å². The van der Waals surface area contributed by atoms with E-state index in [0.29, 0.717) is 12.6 Å². The Bertz CT molecular complexity index is 850. The lowest BCUT2D eigenvalue weighted by atomic mass is 10.2. The summed E-state index contributed by atoms with van der Waals surface area (Å²) in [6, 6.07) is 1.62. The minimum Gasteiger partial charge on any atom is -0.477 e. The predicted octanol–water partition coefficient (Wildman–Crippen LogP) is 0.311. The highest BCUT2D eigenvalue weighted by molar-refractivity contribution is 5.91. The van der Waals surface area contributed by atoms with E-state index in [0.717, 1.165) is 25.2 Å². The number of rotatable bonds is 2. The van der Waals surface area contributed by atoms with Crippen molar-refractivity contribution in [3.8, 4) is 0 Å². The summed E-state index contributed by atoms with van der Waals surface area (Å²) in [6.07, 6.45) is 2.05. The van der Waals surface area contributed by atoms with Crippen molar-refractivity contribution in [1.29, 1.82) is 0 Å². The number of fused-ring (bicyclic) bond motifs is 3. The van der Waals surface area contributed by atoms with Crippen molar-refractivity contribution in [3.05, 3.63) is 33.9 Å². The molecule has 2 fully saturated rings. The summed E-state index contributed by atoms with van der Waals surface area (Å²) < 4.78 is 14.4. The van der Waals surface area contributed by atoms with Crippen molar-refractivity contribution in [2.45, 2.75) is 18.5 Å². The van der Waals surface area contributed by atoms with Gasteiger partial charge < -0.3 is 20.3 Å². The van der Waals surface area contributed by atoms with Crippen molar-refractivity contribution in [2.75, 3.05) is 18.0 Å². The highest BCUT2D eigenvalue weighted by atomic mass is 19.1. The molecule has 0 aromatic carbocycles. The van der Waals surface area contributed by atoms with Gasteiger partial charge in [0.05, 0.1) is 5.39 Å². The molecule has 4 rings (SSSR count). The number of piperazine rings is 1. The molecule has 2 aromatic rings. The number of hydrogen-bond acceptors (Lipinski definition) is 5. The van der Waals surface area contributed by atoms with Gasteiger partial charge in [0, 0.05) is 31.4 Å². The Balaban J connectivity index is 1.86. The Morgan fingerprint density at radius 1 is 1.50 bits per heavy atom. The summed E-state index contributed by atoms with van der Waals surface area (Å²) in [7, 11) is 0. The predicted molar refractivity (Wildman–Crippen MR) is 76.8 cm³/mol. The molecule has 0 unspecified atom stereocenters. The van der Waals surface area contributed by atoms with Crippen LogP contribution in [0.5, 0.6) is 0 Å². The maximum absolute atomic E-state index is 14.4. The quantitative estimate of drug-likeness (QED) is 0.739. The zero-order chi connectivity index (χ0) is 15.4. The summed E-state index contributed by atoms with van der Waals surface area (Å²) in [5, 5.41) is 12.2. The Kier molecular flexibility index (Phi) is 2.70. The lowest BCUT2D eigenvalue weighted by Crippen LogP contribution is -2.44. The molecule has 2 aromatic heterocycles. The number of aromatic carboxylic acids is 1. The van der Waals surface area contributed by atoms with Crippen LogP contribution in [0.25, 0.3) is 11.0 Å². The maximum Gasteiger partial charge on any atom is 0.341 e. The molecule has 0 aliphatic carbocycles. The molecule has 2 aliphatic rings. The number of H-pyrrole nitrogens is 1. The Hall–Kier alpha value is -2.48. The molecule has 2 saturated heterocycles. The van der Waals surface area contributed by atoms with E-state index in [1.807, 2.05) is 4.90 Å². The number of carboxylic acid groups (broad SMARTS) is 1. The number of pyridine rings is 2. The molecule has 7 nitrogen and oxygen atoms in total. The van der Waals surface area contributed by atoms with Crippen LogP contribution in [-0.2, 0) is 0 Å². The van der Waals surface area contributed by atoms with Crippen LogP contribution < -0.4 is 15.6 Å². The largest absolute Gasteiger partial charge is 0.477 e. The van der Waals surface area contributed by atoms with Crippen LogP contribution in [0.3, 0.4) is 0 Å². The normalized spacial score (nSPS) is 23.4. The van der Waals surface area contributed by atoms with Crippen LogP contribution in [0.2, 0.25) is 0 Å². The standard InChI is InChI=1S/C14H13FN4O3/c15-10-2-8-11(20)9(14(21)22)4-17-12(8)18-13(10)19-5-6-1-7(19)3-16-6/h2,4,6-7,16H,1,3,5H2,(H,21,22)(H,17,18,20)/t6-,7-/m1/s1. The summed E-state index contributed by atoms with van der Waals surface area (Å²) in [6.45, 7) is 1.47. The van der Waals surface area contributed by atoms with Crippen LogP contribution in [-0.4, -0.2) is 46.2 Å². The number of hydrogen-bond donors (Lipinski definition) is 3. The molecular weight excluding hydrogens is 291 g/mol. The van der Waals surface area contributed by atoms with Crippen LogP contribution >= 0.6 is 0 Å². The van der Waals surface area contributed by atoms with Gasteiger partial charge in [0.2, 0.25) is 5.43 Å². The van der Waals surface area contributed by atoms with E-state index < -0.39 is 22.8 Å². The minimum absolute atomic E-state index is 0.0522. The molecule has 2 bridgehead atoms. The third-order valence-electron chi connectivity index (χ3n) is 4.36. The Morgan fingerprint density at radius 3 is 2.95 bits per heavy atom. The van der Waals surface area contributed by atoms with Gasteiger partial charge in [0.15, 0.2) is 11.6 Å². The molecular formula is C14H13FN4O3. The van der Waals surface area contributed by atoms with Crippen molar-refractivity contribution < 1.29 is 14.3 Å². The van der Waals surface area contributed by atoms with Crippen LogP contribution in [0.4, 0.5) is 10.2 Å². The van der Waals surface area contributed by atoms with Crippen LogP contribution in [0.1, 0.15) is 16.8 Å². The third kappa shape index (κ3) is 1.80. The second-order valence-electron chi connectivity index (χ2n) is 5.67.